The van der Waals surface area contributed by atoms with E-state index in [1.807, 2.05) is 0 Å². The van der Waals surface area contributed by atoms with Crippen LogP contribution in [-0.4, -0.2) is 63.6 Å². The number of anilines is 1. The van der Waals surface area contributed by atoms with E-state index in [0.29, 0.717) is 30.8 Å². The van der Waals surface area contributed by atoms with Crippen LogP contribution in [0.15, 0.2) is 37.2 Å². The first-order chi connectivity index (χ1) is 14.1. The molecule has 2 aliphatic heterocycles. The van der Waals surface area contributed by atoms with Crippen molar-refractivity contribution >= 4 is 11.7 Å². The molecule has 2 fully saturated rings. The van der Waals surface area contributed by atoms with Gasteiger partial charge in [-0.05, 0) is 30.2 Å². The topological polar surface area (TPSA) is 54.3 Å². The minimum atomic E-state index is -4.12. The summed E-state index contributed by atoms with van der Waals surface area (Å²) < 4.78 is 56.3. The Balaban J connectivity index is 1.70. The molecule has 2 saturated heterocycles. The van der Waals surface area contributed by atoms with Crippen LogP contribution in [0.3, 0.4) is 0 Å². The maximum absolute atomic E-state index is 13.7. The van der Waals surface area contributed by atoms with E-state index in [9.17, 15) is 22.4 Å². The molecule has 30 heavy (non-hydrogen) atoms. The van der Waals surface area contributed by atoms with Crippen LogP contribution < -0.4 is 4.90 Å². The maximum Gasteiger partial charge on any atom is 0.329 e. The molecule has 0 N–H and O–H groups in total. The summed E-state index contributed by atoms with van der Waals surface area (Å²) in [5.74, 6) is -8.38. The highest BCUT2D eigenvalue weighted by Crippen LogP contribution is 2.43. The number of carbonyl (C=O) groups is 1. The third kappa shape index (κ3) is 3.44. The van der Waals surface area contributed by atoms with Crippen molar-refractivity contribution in [1.29, 1.82) is 0 Å². The molecule has 4 heterocycles. The summed E-state index contributed by atoms with van der Waals surface area (Å²) in [4.78, 5) is 18.7. The summed E-state index contributed by atoms with van der Waals surface area (Å²) in [6, 6.07) is 3.30. The SMILES string of the molecule is C=CC(=O)N1CC[C@H](c2cnc(N3CC(F)(F)C(F)(F)C3)cc2-c2ccn(C)n2)C1. The second-order valence-corrected chi connectivity index (χ2v) is 7.74. The Morgan fingerprint density at radius 2 is 1.97 bits per heavy atom. The number of pyridine rings is 1. The minimum absolute atomic E-state index is 0.0334. The lowest BCUT2D eigenvalue weighted by molar-refractivity contribution is -0.172. The molecule has 0 spiro atoms. The van der Waals surface area contributed by atoms with Gasteiger partial charge in [-0.2, -0.15) is 22.7 Å². The lowest BCUT2D eigenvalue weighted by Gasteiger charge is -2.20. The molecule has 2 aliphatic rings. The number of hydrogen-bond donors (Lipinski definition) is 0. The summed E-state index contributed by atoms with van der Waals surface area (Å²) in [6.07, 6.45) is 5.22. The molecule has 160 valence electrons. The number of aryl methyl sites for hydroxylation is 1. The molecule has 2 aromatic rings. The van der Waals surface area contributed by atoms with Crippen molar-refractivity contribution in [2.45, 2.75) is 24.2 Å². The number of aromatic nitrogens is 3. The molecule has 4 rings (SSSR count). The summed E-state index contributed by atoms with van der Waals surface area (Å²) in [7, 11) is 1.74. The molecule has 0 bridgehead atoms. The number of likely N-dealkylation sites (tertiary alicyclic amines) is 1. The van der Waals surface area contributed by atoms with Crippen LogP contribution in [0.5, 0.6) is 0 Å². The molecule has 1 amide bonds. The van der Waals surface area contributed by atoms with Crippen LogP contribution in [0, 0.1) is 0 Å². The van der Waals surface area contributed by atoms with Gasteiger partial charge in [-0.15, -0.1) is 0 Å². The number of rotatable bonds is 4. The van der Waals surface area contributed by atoms with Crippen molar-refractivity contribution in [2.75, 3.05) is 31.1 Å². The highest BCUT2D eigenvalue weighted by atomic mass is 19.3. The van der Waals surface area contributed by atoms with E-state index in [4.69, 9.17) is 0 Å². The van der Waals surface area contributed by atoms with Gasteiger partial charge in [0.2, 0.25) is 5.91 Å². The standard InChI is InChI=1S/C20H21F4N5O/c1-3-18(30)28-7-4-13(10-28)15-9-25-17(8-14(15)16-5-6-27(2)26-16)29-11-19(21,22)20(23,24)12-29/h3,5-6,8-9,13H,1,4,7,10-12H2,2H3/t13-/m0/s1. The molecular formula is C20H21F4N5O. The van der Waals surface area contributed by atoms with Crippen LogP contribution in [0.1, 0.15) is 17.9 Å². The molecule has 10 heteroatoms. The first kappa shape index (κ1) is 20.4. The van der Waals surface area contributed by atoms with Gasteiger partial charge in [-0.3, -0.25) is 9.48 Å². The van der Waals surface area contributed by atoms with Gasteiger partial charge < -0.3 is 9.80 Å². The summed E-state index contributed by atoms with van der Waals surface area (Å²) in [5, 5.41) is 4.39. The predicted molar refractivity (Wildman–Crippen MR) is 103 cm³/mol. The Kier molecular flexibility index (Phi) is 4.82. The summed E-state index contributed by atoms with van der Waals surface area (Å²) >= 11 is 0. The number of alkyl halides is 4. The second-order valence-electron chi connectivity index (χ2n) is 7.74. The van der Waals surface area contributed by atoms with Gasteiger partial charge in [0, 0.05) is 44.0 Å². The average molecular weight is 423 g/mol. The molecule has 2 aromatic heterocycles. The Bertz CT molecular complexity index is 973. The molecule has 0 radical (unpaired) electrons. The smallest absolute Gasteiger partial charge is 0.329 e. The summed E-state index contributed by atoms with van der Waals surface area (Å²) in [5.41, 5.74) is 2.02. The quantitative estimate of drug-likeness (QED) is 0.560. The van der Waals surface area contributed by atoms with Crippen LogP contribution in [0.4, 0.5) is 23.4 Å². The normalized spacial score (nSPS) is 22.5. The van der Waals surface area contributed by atoms with Gasteiger partial charge in [0.15, 0.2) is 0 Å². The Morgan fingerprint density at radius 3 is 2.57 bits per heavy atom. The fourth-order valence-electron chi connectivity index (χ4n) is 4.01. The van der Waals surface area contributed by atoms with Crippen molar-refractivity contribution in [3.05, 3.63) is 42.7 Å². The number of carbonyl (C=O) groups excluding carboxylic acids is 1. The fraction of sp³-hybridized carbons (Fsp3) is 0.450. The van der Waals surface area contributed by atoms with E-state index in [0.717, 1.165) is 10.5 Å². The Hall–Kier alpha value is -2.91. The highest BCUT2D eigenvalue weighted by molar-refractivity contribution is 5.87. The molecular weight excluding hydrogens is 402 g/mol. The largest absolute Gasteiger partial charge is 0.344 e. The van der Waals surface area contributed by atoms with Crippen molar-refractivity contribution in [1.82, 2.24) is 19.7 Å². The Labute approximate surface area is 170 Å². The third-order valence-corrected chi connectivity index (χ3v) is 5.66. The van der Waals surface area contributed by atoms with Crippen molar-refractivity contribution < 1.29 is 22.4 Å². The molecule has 0 unspecified atom stereocenters. The number of hydrogen-bond acceptors (Lipinski definition) is 4. The van der Waals surface area contributed by atoms with E-state index >= 15 is 0 Å². The van der Waals surface area contributed by atoms with Gasteiger partial charge in [0.05, 0.1) is 18.8 Å². The number of nitrogens with zero attached hydrogens (tertiary/aromatic N) is 5. The Morgan fingerprint density at radius 1 is 1.27 bits per heavy atom. The maximum atomic E-state index is 13.7. The van der Waals surface area contributed by atoms with Crippen LogP contribution in [-0.2, 0) is 11.8 Å². The van der Waals surface area contributed by atoms with E-state index in [-0.39, 0.29) is 17.6 Å². The van der Waals surface area contributed by atoms with Crippen LogP contribution in [0.25, 0.3) is 11.3 Å². The number of amides is 1. The van der Waals surface area contributed by atoms with Gasteiger partial charge in [-0.1, -0.05) is 6.58 Å². The first-order valence-corrected chi connectivity index (χ1v) is 9.53. The number of halogens is 4. The predicted octanol–water partition coefficient (Wildman–Crippen LogP) is 3.07. The van der Waals surface area contributed by atoms with Crippen LogP contribution in [0.2, 0.25) is 0 Å². The zero-order valence-corrected chi connectivity index (χ0v) is 16.4. The van der Waals surface area contributed by atoms with Gasteiger partial charge >= 0.3 is 11.8 Å². The third-order valence-electron chi connectivity index (χ3n) is 5.66. The second kappa shape index (κ2) is 7.10. The lowest BCUT2D eigenvalue weighted by atomic mass is 9.93. The van der Waals surface area contributed by atoms with Crippen molar-refractivity contribution in [3.63, 3.8) is 0 Å². The monoisotopic (exact) mass is 423 g/mol. The molecule has 1 atom stereocenters. The highest BCUT2D eigenvalue weighted by Gasteiger charge is 2.63. The summed E-state index contributed by atoms with van der Waals surface area (Å²) in [6.45, 7) is 2.33. The van der Waals surface area contributed by atoms with Gasteiger partial charge in [0.1, 0.15) is 5.82 Å². The van der Waals surface area contributed by atoms with E-state index in [2.05, 4.69) is 16.7 Å². The molecule has 0 aliphatic carbocycles. The van der Waals surface area contributed by atoms with Gasteiger partial charge in [0.25, 0.3) is 0 Å². The first-order valence-electron chi connectivity index (χ1n) is 9.53. The minimum Gasteiger partial charge on any atom is -0.344 e. The molecule has 0 aromatic carbocycles. The zero-order chi connectivity index (χ0) is 21.7. The molecule has 0 saturated carbocycles. The van der Waals surface area contributed by atoms with E-state index in [1.54, 1.807) is 28.9 Å². The van der Waals surface area contributed by atoms with Crippen LogP contribution >= 0.6 is 0 Å². The average Bonchev–Trinajstić information content (AvgIpc) is 3.39. The zero-order valence-electron chi connectivity index (χ0n) is 16.4. The van der Waals surface area contributed by atoms with E-state index in [1.165, 1.54) is 18.3 Å². The van der Waals surface area contributed by atoms with Crippen molar-refractivity contribution in [2.24, 2.45) is 7.05 Å². The fourth-order valence-corrected chi connectivity index (χ4v) is 4.01. The van der Waals surface area contributed by atoms with Crippen molar-refractivity contribution in [3.8, 4) is 11.3 Å². The van der Waals surface area contributed by atoms with E-state index < -0.39 is 24.9 Å². The van der Waals surface area contributed by atoms with Gasteiger partial charge in [-0.25, -0.2) is 4.98 Å². The molecule has 6 nitrogen and oxygen atoms in total. The lowest BCUT2D eigenvalue weighted by Crippen LogP contribution is -2.38.